The van der Waals surface area contributed by atoms with E-state index in [9.17, 15) is 18.0 Å². The van der Waals surface area contributed by atoms with Gasteiger partial charge in [0.15, 0.2) is 0 Å². The highest BCUT2D eigenvalue weighted by atomic mass is 32.2. The lowest BCUT2D eigenvalue weighted by Gasteiger charge is -2.27. The van der Waals surface area contributed by atoms with E-state index in [0.29, 0.717) is 29.7 Å². The lowest BCUT2D eigenvalue weighted by Crippen LogP contribution is -2.41. The molecule has 1 heterocycles. The van der Waals surface area contributed by atoms with Crippen molar-refractivity contribution < 1.29 is 31.8 Å². The highest BCUT2D eigenvalue weighted by Gasteiger charge is 2.39. The number of amides is 2. The van der Waals surface area contributed by atoms with Crippen molar-refractivity contribution in [3.8, 4) is 11.5 Å². The Kier molecular flexibility index (Phi) is 6.62. The number of hydroxylamine groups is 2. The number of hydrogen-bond donors (Lipinski definition) is 0. The number of carbonyl (C=O) groups excluding carboxylic acids is 2. The molecule has 2 aromatic carbocycles. The summed E-state index contributed by atoms with van der Waals surface area (Å²) in [6.07, 6.45) is 4.28. The van der Waals surface area contributed by atoms with Crippen molar-refractivity contribution in [3.63, 3.8) is 0 Å². The zero-order chi connectivity index (χ0) is 21.9. The minimum Gasteiger partial charge on any atom is -0.493 e. The van der Waals surface area contributed by atoms with E-state index >= 15 is 0 Å². The average Bonchev–Trinajstić information content (AvgIpc) is 2.69. The first-order chi connectivity index (χ1) is 14.3. The Morgan fingerprint density at radius 2 is 1.47 bits per heavy atom. The Morgan fingerprint density at radius 3 is 2.07 bits per heavy atom. The van der Waals surface area contributed by atoms with Gasteiger partial charge in [0, 0.05) is 10.8 Å². The molecule has 3 rings (SSSR count). The first kappa shape index (κ1) is 22.0. The molecular weight excluding hydrogens is 410 g/mol. The SMILES string of the molecule is CCCCOc1ccc2c(OCCCC)ccc3c2c1C(=O)N(OS(C)(=O)=O)C3=O. The summed E-state index contributed by atoms with van der Waals surface area (Å²) in [4.78, 5) is 26.0. The summed E-state index contributed by atoms with van der Waals surface area (Å²) in [5.74, 6) is -0.932. The minimum atomic E-state index is -4.10. The highest BCUT2D eigenvalue weighted by Crippen LogP contribution is 2.40. The van der Waals surface area contributed by atoms with Crippen LogP contribution in [0.25, 0.3) is 10.8 Å². The number of carbonyl (C=O) groups is 2. The molecule has 2 aromatic rings. The Bertz CT molecular complexity index is 1080. The summed E-state index contributed by atoms with van der Waals surface area (Å²) in [5, 5.41) is 1.24. The monoisotopic (exact) mass is 435 g/mol. The lowest BCUT2D eigenvalue weighted by atomic mass is 9.93. The van der Waals surface area contributed by atoms with Gasteiger partial charge in [0.25, 0.3) is 21.9 Å². The predicted molar refractivity (Wildman–Crippen MR) is 111 cm³/mol. The van der Waals surface area contributed by atoms with E-state index in [4.69, 9.17) is 13.8 Å². The van der Waals surface area contributed by atoms with Crippen LogP contribution in [-0.4, -0.2) is 44.8 Å². The summed E-state index contributed by atoms with van der Waals surface area (Å²) >= 11 is 0. The molecule has 0 radical (unpaired) electrons. The summed E-state index contributed by atoms with van der Waals surface area (Å²) < 4.78 is 39.6. The zero-order valence-corrected chi connectivity index (χ0v) is 18.1. The third-order valence-corrected chi connectivity index (χ3v) is 5.06. The van der Waals surface area contributed by atoms with Gasteiger partial charge in [-0.2, -0.15) is 8.42 Å². The van der Waals surface area contributed by atoms with Gasteiger partial charge in [-0.3, -0.25) is 9.59 Å². The second-order valence-corrected chi connectivity index (χ2v) is 8.62. The van der Waals surface area contributed by atoms with Crippen LogP contribution in [0.2, 0.25) is 0 Å². The summed E-state index contributed by atoms with van der Waals surface area (Å²) in [7, 11) is -4.10. The van der Waals surface area contributed by atoms with Crippen molar-refractivity contribution in [3.05, 3.63) is 35.4 Å². The fourth-order valence-electron chi connectivity index (χ4n) is 3.20. The molecule has 0 aromatic heterocycles. The average molecular weight is 435 g/mol. The number of unbranched alkanes of at least 4 members (excludes halogenated alkanes) is 2. The first-order valence-corrected chi connectivity index (χ1v) is 11.7. The number of hydrogen-bond acceptors (Lipinski definition) is 7. The Labute approximate surface area is 175 Å². The van der Waals surface area contributed by atoms with Crippen LogP contribution in [0, 0.1) is 0 Å². The molecule has 1 aliphatic rings. The van der Waals surface area contributed by atoms with Gasteiger partial charge in [-0.1, -0.05) is 26.7 Å². The largest absolute Gasteiger partial charge is 0.493 e. The van der Waals surface area contributed by atoms with Crippen LogP contribution < -0.4 is 9.47 Å². The second kappa shape index (κ2) is 9.01. The number of rotatable bonds is 10. The maximum Gasteiger partial charge on any atom is 0.290 e. The molecule has 2 amide bonds. The molecule has 0 aliphatic carbocycles. The summed E-state index contributed by atoms with van der Waals surface area (Å²) in [6.45, 7) is 4.94. The number of benzene rings is 2. The van der Waals surface area contributed by atoms with Crippen LogP contribution in [-0.2, 0) is 14.4 Å². The number of ether oxygens (including phenoxy) is 2. The van der Waals surface area contributed by atoms with Gasteiger partial charge >= 0.3 is 0 Å². The standard InChI is InChI=1S/C21H25NO7S/c1-4-6-12-27-16-10-9-15-18-14(16)8-11-17(28-13-7-5-2)19(18)21(24)22(20(15)23)29-30(3,25)26/h8-11H,4-7,12-13H2,1-3H3. The van der Waals surface area contributed by atoms with Gasteiger partial charge in [-0.15, -0.1) is 9.35 Å². The van der Waals surface area contributed by atoms with Crippen molar-refractivity contribution in [1.29, 1.82) is 0 Å². The Balaban J connectivity index is 2.17. The molecule has 0 N–H and O–H groups in total. The van der Waals surface area contributed by atoms with Crippen LogP contribution in [0.5, 0.6) is 11.5 Å². The zero-order valence-electron chi connectivity index (χ0n) is 17.3. The van der Waals surface area contributed by atoms with Crippen LogP contribution >= 0.6 is 0 Å². The van der Waals surface area contributed by atoms with Crippen LogP contribution in [0.4, 0.5) is 0 Å². The van der Waals surface area contributed by atoms with Crippen molar-refractivity contribution in [2.24, 2.45) is 0 Å². The fraction of sp³-hybridized carbons (Fsp3) is 0.429. The van der Waals surface area contributed by atoms with Crippen LogP contribution in [0.1, 0.15) is 60.2 Å². The second-order valence-electron chi connectivity index (χ2n) is 7.06. The molecular formula is C21H25NO7S. The van der Waals surface area contributed by atoms with Gasteiger partial charge < -0.3 is 9.47 Å². The maximum atomic E-state index is 13.1. The van der Waals surface area contributed by atoms with E-state index in [1.807, 2.05) is 6.92 Å². The maximum absolute atomic E-state index is 13.1. The van der Waals surface area contributed by atoms with Crippen molar-refractivity contribution in [1.82, 2.24) is 5.06 Å². The highest BCUT2D eigenvalue weighted by molar-refractivity contribution is 7.85. The number of nitrogens with zero attached hydrogens (tertiary/aromatic N) is 1. The molecule has 1 aliphatic heterocycles. The molecule has 0 atom stereocenters. The van der Waals surface area contributed by atoms with Crippen LogP contribution in [0.3, 0.4) is 0 Å². The van der Waals surface area contributed by atoms with Gasteiger partial charge in [0.05, 0.1) is 30.6 Å². The Hall–Kier alpha value is -2.65. The van der Waals surface area contributed by atoms with Crippen LogP contribution in [0.15, 0.2) is 24.3 Å². The third kappa shape index (κ3) is 4.41. The fourth-order valence-corrected chi connectivity index (χ4v) is 3.60. The van der Waals surface area contributed by atoms with Gasteiger partial charge in [-0.25, -0.2) is 0 Å². The predicted octanol–water partition coefficient (Wildman–Crippen LogP) is 3.68. The van der Waals surface area contributed by atoms with Crippen molar-refractivity contribution >= 4 is 32.7 Å². The molecule has 8 nitrogen and oxygen atoms in total. The first-order valence-electron chi connectivity index (χ1n) is 9.92. The van der Waals surface area contributed by atoms with E-state index in [-0.39, 0.29) is 21.9 Å². The van der Waals surface area contributed by atoms with E-state index < -0.39 is 21.9 Å². The molecule has 0 saturated heterocycles. The molecule has 162 valence electrons. The normalized spacial score (nSPS) is 13.8. The number of imide groups is 1. The van der Waals surface area contributed by atoms with Gasteiger partial charge in [0.2, 0.25) is 0 Å². The van der Waals surface area contributed by atoms with Gasteiger partial charge in [-0.05, 0) is 37.1 Å². The van der Waals surface area contributed by atoms with E-state index in [2.05, 4.69) is 6.92 Å². The molecule has 0 unspecified atom stereocenters. The smallest absolute Gasteiger partial charge is 0.290 e. The van der Waals surface area contributed by atoms with E-state index in [1.54, 1.807) is 18.2 Å². The molecule has 0 spiro atoms. The topological polar surface area (TPSA) is 99.2 Å². The lowest BCUT2D eigenvalue weighted by molar-refractivity contribution is -0.0152. The molecule has 30 heavy (non-hydrogen) atoms. The Morgan fingerprint density at radius 1 is 0.867 bits per heavy atom. The third-order valence-electron chi connectivity index (χ3n) is 4.64. The molecule has 9 heteroatoms. The molecule has 0 saturated carbocycles. The van der Waals surface area contributed by atoms with E-state index in [0.717, 1.165) is 31.9 Å². The van der Waals surface area contributed by atoms with Crippen molar-refractivity contribution in [2.75, 3.05) is 19.5 Å². The van der Waals surface area contributed by atoms with E-state index in [1.165, 1.54) is 6.07 Å². The van der Waals surface area contributed by atoms with Gasteiger partial charge in [0.1, 0.15) is 11.5 Å². The minimum absolute atomic E-state index is 0.0859. The summed E-state index contributed by atoms with van der Waals surface area (Å²) in [6, 6.07) is 6.53. The molecule has 0 bridgehead atoms. The summed E-state index contributed by atoms with van der Waals surface area (Å²) in [5.41, 5.74) is 0.231. The molecule has 0 fully saturated rings. The van der Waals surface area contributed by atoms with Crippen molar-refractivity contribution in [2.45, 2.75) is 39.5 Å². The quantitative estimate of drug-likeness (QED) is 0.414.